The minimum absolute atomic E-state index is 0. The van der Waals surface area contributed by atoms with Gasteiger partial charge in [0.1, 0.15) is 12.4 Å². The van der Waals surface area contributed by atoms with E-state index in [4.69, 9.17) is 4.74 Å². The predicted molar refractivity (Wildman–Crippen MR) is 128 cm³/mol. The molecule has 0 aliphatic carbocycles. The van der Waals surface area contributed by atoms with E-state index in [1.54, 1.807) is 0 Å². The van der Waals surface area contributed by atoms with E-state index in [9.17, 15) is 0 Å². The van der Waals surface area contributed by atoms with Crippen LogP contribution in [0, 0.1) is 19.8 Å². The number of piperazine rings is 1. The minimum Gasteiger partial charge on any atom is -0.488 e. The van der Waals surface area contributed by atoms with Crippen molar-refractivity contribution in [2.45, 2.75) is 46.8 Å². The number of ether oxygens (including phenoxy) is 1. The van der Waals surface area contributed by atoms with Gasteiger partial charge in [-0.1, -0.05) is 56.3 Å². The lowest BCUT2D eigenvalue weighted by Gasteiger charge is -2.36. The second-order valence-corrected chi connectivity index (χ2v) is 8.19. The van der Waals surface area contributed by atoms with E-state index in [1.165, 1.54) is 28.7 Å². The van der Waals surface area contributed by atoms with Crippen molar-refractivity contribution in [1.29, 1.82) is 0 Å². The molecule has 2 aromatic carbocycles. The first-order valence-corrected chi connectivity index (χ1v) is 10.3. The van der Waals surface area contributed by atoms with Crippen molar-refractivity contribution in [3.63, 3.8) is 0 Å². The van der Waals surface area contributed by atoms with Crippen LogP contribution in [0.5, 0.6) is 5.75 Å². The number of aryl methyl sites for hydroxylation is 2. The molecule has 1 N–H and O–H groups in total. The van der Waals surface area contributed by atoms with Crippen molar-refractivity contribution in [3.05, 3.63) is 64.7 Å². The van der Waals surface area contributed by atoms with E-state index >= 15 is 0 Å². The lowest BCUT2D eigenvalue weighted by molar-refractivity contribution is 0.154. The van der Waals surface area contributed by atoms with E-state index in [0.29, 0.717) is 18.6 Å². The summed E-state index contributed by atoms with van der Waals surface area (Å²) in [5, 5.41) is 3.48. The van der Waals surface area contributed by atoms with Gasteiger partial charge in [0, 0.05) is 32.2 Å². The summed E-state index contributed by atoms with van der Waals surface area (Å²) in [4.78, 5) is 2.65. The van der Waals surface area contributed by atoms with Crippen LogP contribution in [0.15, 0.2) is 42.5 Å². The molecule has 0 amide bonds. The van der Waals surface area contributed by atoms with Gasteiger partial charge in [-0.05, 0) is 48.4 Å². The van der Waals surface area contributed by atoms with E-state index in [1.807, 2.05) is 6.07 Å². The largest absolute Gasteiger partial charge is 0.488 e. The first kappa shape index (κ1) is 25.8. The summed E-state index contributed by atoms with van der Waals surface area (Å²) in [7, 11) is 0. The lowest BCUT2D eigenvalue weighted by Crippen LogP contribution is -2.45. The van der Waals surface area contributed by atoms with Gasteiger partial charge in [-0.25, -0.2) is 0 Å². The van der Waals surface area contributed by atoms with Crippen LogP contribution < -0.4 is 10.1 Å². The number of hydrogen-bond donors (Lipinski definition) is 1. The summed E-state index contributed by atoms with van der Waals surface area (Å²) < 4.78 is 6.19. The second-order valence-electron chi connectivity index (χ2n) is 8.19. The van der Waals surface area contributed by atoms with Crippen molar-refractivity contribution in [1.82, 2.24) is 10.2 Å². The molecular weight excluding hydrogens is 403 g/mol. The van der Waals surface area contributed by atoms with Crippen LogP contribution in [0.3, 0.4) is 0 Å². The summed E-state index contributed by atoms with van der Waals surface area (Å²) in [6.45, 7) is 14.1. The molecule has 1 saturated heterocycles. The topological polar surface area (TPSA) is 24.5 Å². The van der Waals surface area contributed by atoms with E-state index in [-0.39, 0.29) is 24.8 Å². The number of halogens is 2. The molecule has 5 heteroatoms. The molecule has 1 fully saturated rings. The molecular formula is C24H36Cl2N2O. The Hall–Kier alpha value is -1.26. The number of nitrogens with one attached hydrogen (secondary N) is 1. The number of benzene rings is 2. The molecule has 3 nitrogen and oxygen atoms in total. The van der Waals surface area contributed by atoms with E-state index in [0.717, 1.165) is 31.9 Å². The highest BCUT2D eigenvalue weighted by molar-refractivity contribution is 5.85. The number of rotatable bonds is 7. The molecule has 2 aromatic rings. The predicted octanol–water partition coefficient (Wildman–Crippen LogP) is 5.72. The Kier molecular flexibility index (Phi) is 11.1. The highest BCUT2D eigenvalue weighted by Crippen LogP contribution is 2.33. The van der Waals surface area contributed by atoms with Gasteiger partial charge in [0.15, 0.2) is 0 Å². The third-order valence-electron chi connectivity index (χ3n) is 5.38. The van der Waals surface area contributed by atoms with Crippen LogP contribution in [0.1, 0.15) is 48.6 Å². The molecule has 1 heterocycles. The molecule has 0 unspecified atom stereocenters. The van der Waals surface area contributed by atoms with Gasteiger partial charge in [-0.3, -0.25) is 4.90 Å². The van der Waals surface area contributed by atoms with Gasteiger partial charge in [0.25, 0.3) is 0 Å². The molecule has 0 spiro atoms. The molecule has 29 heavy (non-hydrogen) atoms. The molecule has 0 radical (unpaired) electrons. The first-order valence-electron chi connectivity index (χ1n) is 10.3. The summed E-state index contributed by atoms with van der Waals surface area (Å²) in [5.74, 6) is 1.71. The molecule has 1 atom stereocenters. The minimum atomic E-state index is 0. The number of nitrogens with zero attached hydrogens (tertiary/aromatic N) is 1. The Morgan fingerprint density at radius 1 is 0.966 bits per heavy atom. The van der Waals surface area contributed by atoms with Gasteiger partial charge in [0.2, 0.25) is 0 Å². The molecule has 0 aromatic heterocycles. The normalized spacial score (nSPS) is 15.3. The zero-order chi connectivity index (χ0) is 19.2. The first-order chi connectivity index (χ1) is 13.0. The average Bonchev–Trinajstić information content (AvgIpc) is 2.66. The summed E-state index contributed by atoms with van der Waals surface area (Å²) in [5.41, 5.74) is 5.13. The monoisotopic (exact) mass is 438 g/mol. The average molecular weight is 439 g/mol. The molecule has 0 bridgehead atoms. The lowest BCUT2D eigenvalue weighted by atomic mass is 9.92. The van der Waals surface area contributed by atoms with Gasteiger partial charge < -0.3 is 10.1 Å². The second kappa shape index (κ2) is 12.4. The van der Waals surface area contributed by atoms with Gasteiger partial charge in [-0.15, -0.1) is 24.8 Å². The maximum absolute atomic E-state index is 6.19. The van der Waals surface area contributed by atoms with E-state index in [2.05, 4.69) is 74.3 Å². The highest BCUT2D eigenvalue weighted by Gasteiger charge is 2.24. The molecule has 1 aliphatic rings. The smallest absolute Gasteiger partial charge is 0.125 e. The summed E-state index contributed by atoms with van der Waals surface area (Å²) in [6, 6.07) is 15.6. The Bertz CT molecular complexity index is 708. The standard InChI is InChI=1S/C24H34N2O.2ClH/c1-18(2)14-23(26-12-10-25-11-13-26)22-15-19(3)24(20(4)16-22)27-17-21-8-6-5-7-9-21;;/h5-9,15-16,18,23,25H,10-14,17H2,1-4H3;2*1H/t23-;;/m0../s1. The van der Waals surface area contributed by atoms with Gasteiger partial charge in [0.05, 0.1) is 0 Å². The Balaban J connectivity index is 0.00000210. The molecule has 3 rings (SSSR count). The van der Waals surface area contributed by atoms with Crippen LogP contribution in [-0.2, 0) is 6.61 Å². The van der Waals surface area contributed by atoms with E-state index < -0.39 is 0 Å². The Morgan fingerprint density at radius 3 is 2.10 bits per heavy atom. The quantitative estimate of drug-likeness (QED) is 0.597. The van der Waals surface area contributed by atoms with Gasteiger partial charge >= 0.3 is 0 Å². The van der Waals surface area contributed by atoms with Crippen LogP contribution in [0.4, 0.5) is 0 Å². The molecule has 162 valence electrons. The van der Waals surface area contributed by atoms with Crippen molar-refractivity contribution >= 4 is 24.8 Å². The van der Waals surface area contributed by atoms with Crippen molar-refractivity contribution < 1.29 is 4.74 Å². The molecule has 0 saturated carbocycles. The van der Waals surface area contributed by atoms with Crippen LogP contribution in [-0.4, -0.2) is 31.1 Å². The van der Waals surface area contributed by atoms with Crippen LogP contribution in [0.2, 0.25) is 0 Å². The fourth-order valence-electron chi connectivity index (χ4n) is 4.07. The van der Waals surface area contributed by atoms with Crippen molar-refractivity contribution in [2.24, 2.45) is 5.92 Å². The molecule has 1 aliphatic heterocycles. The van der Waals surface area contributed by atoms with Gasteiger partial charge in [-0.2, -0.15) is 0 Å². The van der Waals surface area contributed by atoms with Crippen molar-refractivity contribution in [3.8, 4) is 5.75 Å². The zero-order valence-corrected chi connectivity index (χ0v) is 19.7. The Morgan fingerprint density at radius 2 is 1.55 bits per heavy atom. The maximum atomic E-state index is 6.19. The van der Waals surface area contributed by atoms with Crippen LogP contribution >= 0.6 is 24.8 Å². The Labute approximate surface area is 189 Å². The SMILES string of the molecule is Cc1cc([C@H](CC(C)C)N2CCNCC2)cc(C)c1OCc1ccccc1.Cl.Cl. The zero-order valence-electron chi connectivity index (χ0n) is 18.1. The van der Waals surface area contributed by atoms with Crippen LogP contribution in [0.25, 0.3) is 0 Å². The third kappa shape index (κ3) is 7.18. The fourth-order valence-corrected chi connectivity index (χ4v) is 4.07. The van der Waals surface area contributed by atoms with Crippen molar-refractivity contribution in [2.75, 3.05) is 26.2 Å². The fraction of sp³-hybridized carbons (Fsp3) is 0.500. The number of hydrogen-bond acceptors (Lipinski definition) is 3. The maximum Gasteiger partial charge on any atom is 0.125 e. The highest BCUT2D eigenvalue weighted by atomic mass is 35.5. The summed E-state index contributed by atoms with van der Waals surface area (Å²) >= 11 is 0. The summed E-state index contributed by atoms with van der Waals surface area (Å²) in [6.07, 6.45) is 1.20. The third-order valence-corrected chi connectivity index (χ3v) is 5.38.